The van der Waals surface area contributed by atoms with Crippen LogP contribution < -0.4 is 0 Å². The average molecular weight is 346 g/mol. The molecule has 25 heavy (non-hydrogen) atoms. The van der Waals surface area contributed by atoms with Gasteiger partial charge in [0.1, 0.15) is 12.2 Å². The van der Waals surface area contributed by atoms with E-state index < -0.39 is 5.60 Å². The molecule has 1 fully saturated rings. The van der Waals surface area contributed by atoms with E-state index in [0.29, 0.717) is 37.4 Å². The Kier molecular flexibility index (Phi) is 4.89. The Balaban J connectivity index is 1.69. The summed E-state index contributed by atoms with van der Waals surface area (Å²) < 4.78 is 3.60. The lowest BCUT2D eigenvalue weighted by molar-refractivity contribution is -0.0258. The third kappa shape index (κ3) is 4.07. The second-order valence-corrected chi connectivity index (χ2v) is 7.43. The van der Waals surface area contributed by atoms with Crippen LogP contribution in [0, 0.1) is 5.92 Å². The van der Waals surface area contributed by atoms with Crippen molar-refractivity contribution < 1.29 is 9.90 Å². The molecule has 0 radical (unpaired) electrons. The zero-order valence-electron chi connectivity index (χ0n) is 15.1. The van der Waals surface area contributed by atoms with Gasteiger partial charge < -0.3 is 14.6 Å². The Morgan fingerprint density at radius 2 is 2.24 bits per heavy atom. The zero-order chi connectivity index (χ0) is 18.0. The van der Waals surface area contributed by atoms with E-state index in [2.05, 4.69) is 29.1 Å². The largest absolute Gasteiger partial charge is 0.388 e. The molecule has 0 aliphatic carbocycles. The van der Waals surface area contributed by atoms with Crippen LogP contribution in [-0.2, 0) is 20.0 Å². The minimum absolute atomic E-state index is 0.0777. The lowest BCUT2D eigenvalue weighted by Crippen LogP contribution is -2.51. The number of β-amino-alcohol motifs (C(OH)–C–C–N with tert-alkyl or cyclic N) is 1. The number of amides is 1. The maximum absolute atomic E-state index is 12.8. The van der Waals surface area contributed by atoms with Gasteiger partial charge in [-0.2, -0.15) is 5.10 Å². The van der Waals surface area contributed by atoms with Gasteiger partial charge >= 0.3 is 0 Å². The van der Waals surface area contributed by atoms with Crippen LogP contribution >= 0.6 is 0 Å². The Bertz CT molecular complexity index is 737. The molecule has 1 aliphatic heterocycles. The molecule has 1 atom stereocenters. The van der Waals surface area contributed by atoms with E-state index in [1.54, 1.807) is 32.9 Å². The third-order valence-electron chi connectivity index (χ3n) is 4.57. The van der Waals surface area contributed by atoms with Crippen LogP contribution in [0.5, 0.6) is 0 Å². The zero-order valence-corrected chi connectivity index (χ0v) is 15.1. The molecule has 1 aliphatic rings. The van der Waals surface area contributed by atoms with Crippen LogP contribution in [0.4, 0.5) is 0 Å². The molecule has 3 heterocycles. The number of carbonyl (C=O) groups excluding carboxylic acids is 1. The molecule has 8 heteroatoms. The number of likely N-dealkylation sites (tertiary alicyclic amines) is 1. The molecule has 0 bridgehead atoms. The Labute approximate surface area is 147 Å². The predicted molar refractivity (Wildman–Crippen MR) is 91.9 cm³/mol. The van der Waals surface area contributed by atoms with Crippen LogP contribution in [-0.4, -0.2) is 59.1 Å². The van der Waals surface area contributed by atoms with Crippen molar-refractivity contribution in [3.05, 3.63) is 30.1 Å². The third-order valence-corrected chi connectivity index (χ3v) is 4.57. The van der Waals surface area contributed by atoms with Gasteiger partial charge in [-0.05, 0) is 18.8 Å². The highest BCUT2D eigenvalue weighted by molar-refractivity contribution is 5.93. The number of carbonyl (C=O) groups is 1. The molecular formula is C17H26N6O2. The van der Waals surface area contributed by atoms with Crippen LogP contribution in [0.1, 0.15) is 42.9 Å². The molecule has 1 saturated heterocycles. The van der Waals surface area contributed by atoms with Crippen LogP contribution in [0.15, 0.2) is 18.7 Å². The molecule has 3 rings (SSSR count). The van der Waals surface area contributed by atoms with E-state index in [0.717, 1.165) is 18.8 Å². The summed E-state index contributed by atoms with van der Waals surface area (Å²) in [6.07, 6.45) is 6.82. The summed E-state index contributed by atoms with van der Waals surface area (Å²) in [7, 11) is 1.85. The molecule has 0 saturated carbocycles. The van der Waals surface area contributed by atoms with Crippen molar-refractivity contribution in [2.24, 2.45) is 13.0 Å². The monoisotopic (exact) mass is 346 g/mol. The number of hydrogen-bond acceptors (Lipinski definition) is 5. The Hall–Kier alpha value is -2.22. The van der Waals surface area contributed by atoms with Crippen molar-refractivity contribution in [1.29, 1.82) is 0 Å². The van der Waals surface area contributed by atoms with Gasteiger partial charge in [0.25, 0.3) is 5.91 Å². The number of aliphatic hydroxyl groups is 1. The fourth-order valence-electron chi connectivity index (χ4n) is 3.32. The summed E-state index contributed by atoms with van der Waals surface area (Å²) in [4.78, 5) is 14.5. The van der Waals surface area contributed by atoms with Crippen LogP contribution in [0.25, 0.3) is 0 Å². The minimum Gasteiger partial charge on any atom is -0.388 e. The van der Waals surface area contributed by atoms with Gasteiger partial charge in [0, 0.05) is 32.8 Å². The number of rotatable bonds is 5. The standard InChI is InChI=1S/C17H26N6O2/c1-13(2)9-23-10-14(8-19-23)16(24)22-6-4-5-17(25,11-22)7-15-20-18-12-21(15)3/h8,10,12-13,25H,4-7,9,11H2,1-3H3. The van der Waals surface area contributed by atoms with Gasteiger partial charge in [0.2, 0.25) is 0 Å². The highest BCUT2D eigenvalue weighted by Gasteiger charge is 2.37. The molecule has 8 nitrogen and oxygen atoms in total. The fraction of sp³-hybridized carbons (Fsp3) is 0.647. The Morgan fingerprint density at radius 3 is 2.92 bits per heavy atom. The van der Waals surface area contributed by atoms with Gasteiger partial charge in [-0.3, -0.25) is 9.48 Å². The first-order chi connectivity index (χ1) is 11.9. The molecule has 136 valence electrons. The summed E-state index contributed by atoms with van der Waals surface area (Å²) in [5.74, 6) is 1.11. The summed E-state index contributed by atoms with van der Waals surface area (Å²) in [5, 5.41) is 23.1. The molecule has 1 unspecified atom stereocenters. The maximum Gasteiger partial charge on any atom is 0.257 e. The van der Waals surface area contributed by atoms with E-state index in [1.165, 1.54) is 0 Å². The van der Waals surface area contributed by atoms with Crippen molar-refractivity contribution in [2.45, 2.75) is 45.3 Å². The quantitative estimate of drug-likeness (QED) is 0.868. The van der Waals surface area contributed by atoms with Crippen molar-refractivity contribution in [2.75, 3.05) is 13.1 Å². The SMILES string of the molecule is CC(C)Cn1cc(C(=O)N2CCCC(O)(Cc3nncn3C)C2)cn1. The first-order valence-electron chi connectivity index (χ1n) is 8.73. The smallest absolute Gasteiger partial charge is 0.257 e. The molecule has 2 aromatic rings. The molecule has 0 aromatic carbocycles. The number of aryl methyl sites for hydroxylation is 1. The first-order valence-corrected chi connectivity index (χ1v) is 8.73. The maximum atomic E-state index is 12.8. The lowest BCUT2D eigenvalue weighted by atomic mass is 9.89. The lowest BCUT2D eigenvalue weighted by Gasteiger charge is -2.38. The summed E-state index contributed by atoms with van der Waals surface area (Å²) >= 11 is 0. The number of piperidine rings is 1. The second-order valence-electron chi connectivity index (χ2n) is 7.43. The van der Waals surface area contributed by atoms with Gasteiger partial charge in [-0.1, -0.05) is 13.8 Å². The minimum atomic E-state index is -0.970. The first kappa shape index (κ1) is 17.6. The number of nitrogens with zero attached hydrogens (tertiary/aromatic N) is 6. The van der Waals surface area contributed by atoms with Crippen LogP contribution in [0.3, 0.4) is 0 Å². The van der Waals surface area contributed by atoms with Gasteiger partial charge in [-0.25, -0.2) is 0 Å². The van der Waals surface area contributed by atoms with Crippen molar-refractivity contribution >= 4 is 5.91 Å². The summed E-state index contributed by atoms with van der Waals surface area (Å²) in [6, 6.07) is 0. The molecule has 1 amide bonds. The average Bonchev–Trinajstić information content (AvgIpc) is 3.15. The van der Waals surface area contributed by atoms with Gasteiger partial charge in [-0.15, -0.1) is 10.2 Å². The van der Waals surface area contributed by atoms with E-state index in [4.69, 9.17) is 0 Å². The number of hydrogen-bond donors (Lipinski definition) is 1. The van der Waals surface area contributed by atoms with E-state index in [9.17, 15) is 9.90 Å². The molecule has 1 N–H and O–H groups in total. The number of aromatic nitrogens is 5. The molecule has 2 aromatic heterocycles. The summed E-state index contributed by atoms with van der Waals surface area (Å²) in [5.41, 5.74) is -0.397. The van der Waals surface area contributed by atoms with E-state index >= 15 is 0 Å². The van der Waals surface area contributed by atoms with Gasteiger partial charge in [0.05, 0.1) is 23.9 Å². The van der Waals surface area contributed by atoms with E-state index in [-0.39, 0.29) is 5.91 Å². The van der Waals surface area contributed by atoms with Crippen molar-refractivity contribution in [1.82, 2.24) is 29.4 Å². The van der Waals surface area contributed by atoms with Crippen molar-refractivity contribution in [3.63, 3.8) is 0 Å². The molecular weight excluding hydrogens is 320 g/mol. The second kappa shape index (κ2) is 6.95. The topological polar surface area (TPSA) is 89.1 Å². The molecule has 0 spiro atoms. The van der Waals surface area contributed by atoms with Gasteiger partial charge in [0.15, 0.2) is 0 Å². The normalized spacial score (nSPS) is 21.1. The Morgan fingerprint density at radius 1 is 1.44 bits per heavy atom. The van der Waals surface area contributed by atoms with Crippen LogP contribution in [0.2, 0.25) is 0 Å². The highest BCUT2D eigenvalue weighted by Crippen LogP contribution is 2.25. The summed E-state index contributed by atoms with van der Waals surface area (Å²) in [6.45, 7) is 5.95. The predicted octanol–water partition coefficient (Wildman–Crippen LogP) is 0.877. The highest BCUT2D eigenvalue weighted by atomic mass is 16.3. The fourth-order valence-corrected chi connectivity index (χ4v) is 3.32. The van der Waals surface area contributed by atoms with E-state index in [1.807, 2.05) is 7.05 Å². The van der Waals surface area contributed by atoms with Crippen molar-refractivity contribution in [3.8, 4) is 0 Å².